The highest BCUT2D eigenvalue weighted by Gasteiger charge is 2.38. The molecule has 1 aliphatic rings. The molecule has 8 heteroatoms. The molecule has 1 heterocycles. The second-order valence-electron chi connectivity index (χ2n) is 12.6. The lowest BCUT2D eigenvalue weighted by molar-refractivity contribution is -0.162. The molecule has 3 N–H and O–H groups in total. The zero-order valence-electron chi connectivity index (χ0n) is 28.0. The van der Waals surface area contributed by atoms with Gasteiger partial charge >= 0.3 is 5.97 Å². The van der Waals surface area contributed by atoms with Gasteiger partial charge in [-0.25, -0.2) is 4.79 Å². The van der Waals surface area contributed by atoms with Crippen molar-refractivity contribution in [3.05, 3.63) is 58.9 Å². The van der Waals surface area contributed by atoms with Crippen LogP contribution < -0.4 is 0 Å². The summed E-state index contributed by atoms with van der Waals surface area (Å²) in [5.74, 6) is -2.58. The molecule has 9 atom stereocenters. The molecule has 0 saturated carbocycles. The number of carbonyl (C=O) groups is 2. The number of hydrogen-bond donors (Lipinski definition) is 3. The third-order valence-electron chi connectivity index (χ3n) is 8.39. The molecule has 9 unspecified atom stereocenters. The summed E-state index contributed by atoms with van der Waals surface area (Å²) in [6.45, 7) is 16.7. The molecule has 0 aromatic rings. The lowest BCUT2D eigenvalue weighted by Gasteiger charge is -2.34. The van der Waals surface area contributed by atoms with Gasteiger partial charge in [0.15, 0.2) is 0 Å². The van der Waals surface area contributed by atoms with E-state index in [9.17, 15) is 24.9 Å². The highest BCUT2D eigenvalue weighted by Crippen LogP contribution is 2.27. The molecule has 0 fully saturated rings. The number of ketones is 1. The van der Waals surface area contributed by atoms with E-state index >= 15 is 0 Å². The molecule has 43 heavy (non-hydrogen) atoms. The molecule has 0 radical (unpaired) electrons. The number of rotatable bonds is 10. The van der Waals surface area contributed by atoms with Gasteiger partial charge in [-0.2, -0.15) is 0 Å². The van der Waals surface area contributed by atoms with Crippen LogP contribution in [0.1, 0.15) is 75.2 Å². The number of Topliss-reactive ketones (excluding diaryl/α,β-unsaturated/α-hetero) is 1. The first-order valence-electron chi connectivity index (χ1n) is 15.3. The molecular formula is C35H56O8. The normalized spacial score (nSPS) is 27.8. The van der Waals surface area contributed by atoms with Gasteiger partial charge in [-0.3, -0.25) is 4.79 Å². The van der Waals surface area contributed by atoms with Crippen LogP contribution in [0.25, 0.3) is 0 Å². The van der Waals surface area contributed by atoms with Gasteiger partial charge < -0.3 is 29.5 Å². The number of carbonyl (C=O) groups excluding carboxylic acids is 2. The molecule has 0 aromatic heterocycles. The van der Waals surface area contributed by atoms with Crippen molar-refractivity contribution in [3.63, 3.8) is 0 Å². The van der Waals surface area contributed by atoms with Gasteiger partial charge in [0.2, 0.25) is 5.76 Å². The van der Waals surface area contributed by atoms with Crippen LogP contribution in [-0.4, -0.2) is 71.8 Å². The minimum Gasteiger partial charge on any atom is -0.490 e. The van der Waals surface area contributed by atoms with Crippen molar-refractivity contribution in [1.29, 1.82) is 0 Å². The zero-order valence-corrected chi connectivity index (χ0v) is 28.0. The maximum Gasteiger partial charge on any atom is 0.373 e. The maximum atomic E-state index is 13.4. The molecule has 0 aromatic carbocycles. The third-order valence-corrected chi connectivity index (χ3v) is 8.39. The minimum atomic E-state index is -1.15. The number of esters is 1. The smallest absolute Gasteiger partial charge is 0.373 e. The number of ether oxygens (including phenoxy) is 3. The third kappa shape index (κ3) is 11.8. The average Bonchev–Trinajstić information content (AvgIpc) is 2.96. The standard InChI is InChI=1S/C35H56O8/c1-20(2)31(37)23(5)15-16-28(36)26(8)33(39)27(9)34-29(41-10)14-12-13-21(3)17-24(6)32(38)25(7)18-22(4)19-30(42-11)35(40)43-34/h12-15,18-20,24-27,29,31-34,37-39H,16-17H2,1-11H3. The Balaban J connectivity index is 3.45. The molecule has 0 amide bonds. The van der Waals surface area contributed by atoms with E-state index in [0.717, 1.165) is 11.1 Å². The van der Waals surface area contributed by atoms with Crippen LogP contribution in [0.4, 0.5) is 0 Å². The summed E-state index contributed by atoms with van der Waals surface area (Å²) in [5.41, 5.74) is 2.50. The number of aliphatic hydroxyl groups excluding tert-OH is 3. The van der Waals surface area contributed by atoms with Crippen molar-refractivity contribution in [2.75, 3.05) is 14.2 Å². The summed E-state index contributed by atoms with van der Waals surface area (Å²) in [7, 11) is 2.87. The van der Waals surface area contributed by atoms with Crippen LogP contribution in [0.5, 0.6) is 0 Å². The molecule has 244 valence electrons. The van der Waals surface area contributed by atoms with Crippen molar-refractivity contribution in [1.82, 2.24) is 0 Å². The summed E-state index contributed by atoms with van der Waals surface area (Å²) in [4.78, 5) is 26.4. The highest BCUT2D eigenvalue weighted by atomic mass is 16.6. The second-order valence-corrected chi connectivity index (χ2v) is 12.6. The Labute approximate surface area is 259 Å². The van der Waals surface area contributed by atoms with Gasteiger partial charge in [0.1, 0.15) is 18.0 Å². The average molecular weight is 605 g/mol. The molecule has 1 aliphatic heterocycles. The number of allylic oxidation sites excluding steroid dienone is 6. The van der Waals surface area contributed by atoms with E-state index in [1.54, 1.807) is 39.0 Å². The Hall–Kier alpha value is -2.52. The summed E-state index contributed by atoms with van der Waals surface area (Å²) in [6.07, 6.45) is 7.35. The molecule has 0 spiro atoms. The number of hydrogen-bond acceptors (Lipinski definition) is 8. The van der Waals surface area contributed by atoms with E-state index in [-0.39, 0.29) is 35.7 Å². The molecule has 0 bridgehead atoms. The van der Waals surface area contributed by atoms with Gasteiger partial charge in [-0.1, -0.05) is 83.1 Å². The Bertz CT molecular complexity index is 1070. The van der Waals surface area contributed by atoms with E-state index in [1.165, 1.54) is 14.2 Å². The van der Waals surface area contributed by atoms with Crippen LogP contribution in [0.15, 0.2) is 58.9 Å². The monoisotopic (exact) mass is 604 g/mol. The quantitative estimate of drug-likeness (QED) is 0.221. The first-order chi connectivity index (χ1) is 20.0. The zero-order chi connectivity index (χ0) is 33.0. The minimum absolute atomic E-state index is 0.000111. The van der Waals surface area contributed by atoms with Crippen LogP contribution in [0.2, 0.25) is 0 Å². The van der Waals surface area contributed by atoms with Crippen molar-refractivity contribution in [2.45, 2.75) is 106 Å². The molecule has 8 nitrogen and oxygen atoms in total. The topological polar surface area (TPSA) is 123 Å². The largest absolute Gasteiger partial charge is 0.490 e. The van der Waals surface area contributed by atoms with Crippen molar-refractivity contribution in [2.24, 2.45) is 29.6 Å². The Morgan fingerprint density at radius 3 is 2.33 bits per heavy atom. The van der Waals surface area contributed by atoms with E-state index in [2.05, 4.69) is 0 Å². The summed E-state index contributed by atoms with van der Waals surface area (Å²) in [6, 6.07) is 0. The summed E-state index contributed by atoms with van der Waals surface area (Å²) in [5, 5.41) is 32.5. The van der Waals surface area contributed by atoms with Gasteiger partial charge in [0.25, 0.3) is 0 Å². The Morgan fingerprint density at radius 2 is 1.77 bits per heavy atom. The van der Waals surface area contributed by atoms with Crippen molar-refractivity contribution >= 4 is 11.8 Å². The van der Waals surface area contributed by atoms with Gasteiger partial charge in [-0.05, 0) is 50.7 Å². The van der Waals surface area contributed by atoms with E-state index < -0.39 is 48.3 Å². The van der Waals surface area contributed by atoms with Crippen LogP contribution in [-0.2, 0) is 23.8 Å². The van der Waals surface area contributed by atoms with Crippen LogP contribution in [0, 0.1) is 29.6 Å². The fraction of sp³-hybridized carbons (Fsp3) is 0.657. The summed E-state index contributed by atoms with van der Waals surface area (Å²) >= 11 is 0. The lowest BCUT2D eigenvalue weighted by atomic mass is 9.83. The summed E-state index contributed by atoms with van der Waals surface area (Å²) < 4.78 is 17.1. The number of cyclic esters (lactones) is 1. The number of methoxy groups -OCH3 is 2. The lowest BCUT2D eigenvalue weighted by Crippen LogP contribution is -2.45. The van der Waals surface area contributed by atoms with Gasteiger partial charge in [0.05, 0.1) is 25.4 Å². The maximum absolute atomic E-state index is 13.4. The fourth-order valence-corrected chi connectivity index (χ4v) is 5.43. The van der Waals surface area contributed by atoms with E-state index in [4.69, 9.17) is 14.2 Å². The van der Waals surface area contributed by atoms with Gasteiger partial charge in [0, 0.05) is 31.3 Å². The predicted octanol–water partition coefficient (Wildman–Crippen LogP) is 5.48. The first kappa shape index (κ1) is 38.5. The molecule has 0 aliphatic carbocycles. The Kier molecular flexibility index (Phi) is 16.4. The fourth-order valence-electron chi connectivity index (χ4n) is 5.43. The highest BCUT2D eigenvalue weighted by molar-refractivity contribution is 5.87. The molecular weight excluding hydrogens is 548 g/mol. The van der Waals surface area contributed by atoms with Crippen LogP contribution >= 0.6 is 0 Å². The van der Waals surface area contributed by atoms with Crippen LogP contribution in [0.3, 0.4) is 0 Å². The van der Waals surface area contributed by atoms with E-state index in [1.807, 2.05) is 59.8 Å². The Morgan fingerprint density at radius 1 is 1.14 bits per heavy atom. The van der Waals surface area contributed by atoms with E-state index in [0.29, 0.717) is 12.0 Å². The number of aliphatic hydroxyl groups is 3. The SMILES string of the molecule is COC1=CC(C)=CC(C)C(O)C(C)CC(C)=CC=CC(OC)C(C(C)C(O)C(C)C(=O)CC=C(C)C(O)C(C)C)OC1=O. The predicted molar refractivity (Wildman–Crippen MR) is 170 cm³/mol. The van der Waals surface area contributed by atoms with Gasteiger partial charge in [-0.15, -0.1) is 0 Å². The first-order valence-corrected chi connectivity index (χ1v) is 15.3. The molecule has 1 rings (SSSR count). The molecule has 0 saturated heterocycles. The van der Waals surface area contributed by atoms with Crippen molar-refractivity contribution in [3.8, 4) is 0 Å². The van der Waals surface area contributed by atoms with Crippen molar-refractivity contribution < 1.29 is 39.1 Å². The second kappa shape index (κ2) is 18.3.